The highest BCUT2D eigenvalue weighted by molar-refractivity contribution is 5.85. The average Bonchev–Trinajstić information content (AvgIpc) is 3.18. The second-order valence-electron chi connectivity index (χ2n) is 10.2. The van der Waals surface area contributed by atoms with Crippen LogP contribution in [-0.2, 0) is 0 Å². The zero-order valence-corrected chi connectivity index (χ0v) is 24.1. The summed E-state index contributed by atoms with van der Waals surface area (Å²) in [4.78, 5) is 16.0. The lowest BCUT2D eigenvalue weighted by molar-refractivity contribution is 0.194. The Hall–Kier alpha value is -2.44. The fourth-order valence-electron chi connectivity index (χ4n) is 5.02. The van der Waals surface area contributed by atoms with Gasteiger partial charge < -0.3 is 15.1 Å². The molecule has 1 aliphatic heterocycles. The lowest BCUT2D eigenvalue weighted by atomic mass is 9.83. The van der Waals surface area contributed by atoms with Crippen LogP contribution in [0.1, 0.15) is 58.8 Å². The molecule has 0 radical (unpaired) electrons. The highest BCUT2D eigenvalue weighted by atomic mass is 15.3. The van der Waals surface area contributed by atoms with Crippen molar-refractivity contribution < 1.29 is 0 Å². The van der Waals surface area contributed by atoms with Gasteiger partial charge in [-0.25, -0.2) is 4.99 Å². The number of piperazine rings is 1. The summed E-state index contributed by atoms with van der Waals surface area (Å²) in [5.74, 6) is 2.49. The molecule has 2 aliphatic carbocycles. The summed E-state index contributed by atoms with van der Waals surface area (Å²) in [5.41, 5.74) is 2.85. The first kappa shape index (κ1) is 30.8. The molecule has 1 saturated carbocycles. The van der Waals surface area contributed by atoms with E-state index in [4.69, 9.17) is 4.99 Å². The molecule has 1 saturated heterocycles. The number of hydrogen-bond acceptors (Lipinski definition) is 4. The van der Waals surface area contributed by atoms with Crippen molar-refractivity contribution in [3.05, 3.63) is 60.0 Å². The summed E-state index contributed by atoms with van der Waals surface area (Å²) in [6.45, 7) is 18.7. The van der Waals surface area contributed by atoms with Crippen LogP contribution in [0.4, 0.5) is 0 Å². The largest absolute Gasteiger partial charge is 0.363 e. The smallest absolute Gasteiger partial charge is 0.226 e. The lowest BCUT2D eigenvalue weighted by Gasteiger charge is -2.35. The van der Waals surface area contributed by atoms with Gasteiger partial charge in [0.2, 0.25) is 5.96 Å². The first-order valence-corrected chi connectivity index (χ1v) is 14.3. The number of rotatable bonds is 10. The topological polar surface area (TPSA) is 46.5 Å². The van der Waals surface area contributed by atoms with Crippen molar-refractivity contribution in [1.29, 1.82) is 0 Å². The molecule has 2 fully saturated rings. The molecule has 0 aromatic rings. The van der Waals surface area contributed by atoms with Crippen molar-refractivity contribution in [2.75, 3.05) is 59.9 Å². The molecular weight excluding hydrogens is 456 g/mol. The molecule has 1 N–H and O–H groups in total. The van der Waals surface area contributed by atoms with Crippen LogP contribution in [-0.4, -0.2) is 87.3 Å². The van der Waals surface area contributed by atoms with E-state index in [1.54, 1.807) is 0 Å². The van der Waals surface area contributed by atoms with Crippen molar-refractivity contribution >= 4 is 12.7 Å². The van der Waals surface area contributed by atoms with Gasteiger partial charge in [0.1, 0.15) is 5.82 Å². The Bertz CT molecular complexity index is 840. The molecule has 1 heterocycles. The van der Waals surface area contributed by atoms with Crippen LogP contribution in [0, 0.1) is 5.92 Å². The molecule has 0 bridgehead atoms. The fourth-order valence-corrected chi connectivity index (χ4v) is 5.02. The highest BCUT2D eigenvalue weighted by Crippen LogP contribution is 2.30. The molecular formula is C31H52N6. The minimum absolute atomic E-state index is 0.722. The Balaban J connectivity index is 0.00000235. The number of hydrogen-bond donors (Lipinski definition) is 1. The van der Waals surface area contributed by atoms with Gasteiger partial charge in [-0.15, -0.1) is 0 Å². The van der Waals surface area contributed by atoms with Crippen LogP contribution < -0.4 is 5.32 Å². The Labute approximate surface area is 227 Å². The van der Waals surface area contributed by atoms with Crippen molar-refractivity contribution in [1.82, 2.24) is 20.0 Å². The zero-order valence-electron chi connectivity index (χ0n) is 24.1. The molecule has 6 heteroatoms. The minimum atomic E-state index is 0.722. The van der Waals surface area contributed by atoms with Gasteiger partial charge in [-0.1, -0.05) is 56.4 Å². The van der Waals surface area contributed by atoms with Crippen molar-refractivity contribution in [3.8, 4) is 0 Å². The number of aliphatic imine (C=N–C) groups is 2. The zero-order chi connectivity index (χ0) is 26.9. The van der Waals surface area contributed by atoms with Gasteiger partial charge in [-0.3, -0.25) is 4.90 Å². The van der Waals surface area contributed by atoms with Gasteiger partial charge in [0, 0.05) is 53.4 Å². The van der Waals surface area contributed by atoms with Gasteiger partial charge >= 0.3 is 0 Å². The maximum Gasteiger partial charge on any atom is 0.226 e. The van der Waals surface area contributed by atoms with E-state index in [-0.39, 0.29) is 0 Å². The molecule has 3 rings (SSSR count). The third-order valence-electron chi connectivity index (χ3n) is 7.06. The molecule has 0 spiro atoms. The monoisotopic (exact) mass is 508 g/mol. The summed E-state index contributed by atoms with van der Waals surface area (Å²) in [6.07, 6.45) is 21.9. The summed E-state index contributed by atoms with van der Waals surface area (Å²) in [6, 6.07) is 0. The van der Waals surface area contributed by atoms with Crippen molar-refractivity contribution in [2.24, 2.45) is 15.9 Å². The Morgan fingerprint density at radius 1 is 1.19 bits per heavy atom. The number of nitrogens with one attached hydrogen (secondary N) is 1. The standard InChI is InChI=1S/C29H46N6.C2H6/c1-25-11-9-14-26(23-25)15-10-17-31-18-16-28(33(3)4)32-29(30-2)35-21-19-34(20-22-35)24-27-12-7-5-6-8-13-27;1-2/h5-7,12-13,16,26,31H,1-2,8-11,14-15,17-24H2,3-4H3;1-2H3/b28-16+,32-29+;. The predicted octanol–water partition coefficient (Wildman–Crippen LogP) is 5.65. The number of nitrogens with zero attached hydrogens (tertiary/aromatic N) is 5. The molecule has 206 valence electrons. The van der Waals surface area contributed by atoms with Crippen LogP contribution in [0.3, 0.4) is 0 Å². The molecule has 0 aromatic heterocycles. The summed E-state index contributed by atoms with van der Waals surface area (Å²) in [5, 5.41) is 3.56. The minimum Gasteiger partial charge on any atom is -0.363 e. The third-order valence-corrected chi connectivity index (χ3v) is 7.06. The molecule has 6 nitrogen and oxygen atoms in total. The molecule has 0 amide bonds. The van der Waals surface area contributed by atoms with Crippen molar-refractivity contribution in [2.45, 2.75) is 58.8 Å². The molecule has 1 unspecified atom stereocenters. The van der Waals surface area contributed by atoms with E-state index in [9.17, 15) is 0 Å². The summed E-state index contributed by atoms with van der Waals surface area (Å²) >= 11 is 0. The van der Waals surface area contributed by atoms with Crippen LogP contribution in [0.25, 0.3) is 0 Å². The van der Waals surface area contributed by atoms with Gasteiger partial charge in [-0.05, 0) is 75.8 Å². The Morgan fingerprint density at radius 3 is 2.68 bits per heavy atom. The molecule has 0 aromatic carbocycles. The number of guanidine groups is 1. The van der Waals surface area contributed by atoms with E-state index in [0.29, 0.717) is 0 Å². The van der Waals surface area contributed by atoms with Crippen molar-refractivity contribution in [3.63, 3.8) is 0 Å². The summed E-state index contributed by atoms with van der Waals surface area (Å²) in [7, 11) is 4.07. The first-order chi connectivity index (χ1) is 18.0. The second kappa shape index (κ2) is 17.9. The Kier molecular flexibility index (Phi) is 14.9. The van der Waals surface area contributed by atoms with Gasteiger partial charge in [-0.2, -0.15) is 4.99 Å². The van der Waals surface area contributed by atoms with E-state index in [1.807, 2.05) is 27.9 Å². The third kappa shape index (κ3) is 11.7. The van der Waals surface area contributed by atoms with E-state index in [0.717, 1.165) is 69.9 Å². The second-order valence-corrected chi connectivity index (χ2v) is 10.2. The van der Waals surface area contributed by atoms with E-state index in [1.165, 1.54) is 49.7 Å². The highest BCUT2D eigenvalue weighted by Gasteiger charge is 2.20. The first-order valence-electron chi connectivity index (χ1n) is 14.3. The van der Waals surface area contributed by atoms with E-state index < -0.39 is 0 Å². The maximum absolute atomic E-state index is 4.87. The van der Waals surface area contributed by atoms with Crippen LogP contribution in [0.2, 0.25) is 0 Å². The normalized spacial score (nSPS) is 21.2. The lowest BCUT2D eigenvalue weighted by Crippen LogP contribution is -2.48. The Morgan fingerprint density at radius 2 is 1.97 bits per heavy atom. The molecule has 37 heavy (non-hydrogen) atoms. The fraction of sp³-hybridized carbons (Fsp3) is 0.613. The van der Waals surface area contributed by atoms with Crippen LogP contribution in [0.5, 0.6) is 0 Å². The average molecular weight is 509 g/mol. The SMILES string of the molecule is C=N/C(=N\C(=C/CNCCCC1CCCC(=C)C1)N(C)C)N1CCN(CC2=CCC=CC=C2)CC1.CC. The summed E-state index contributed by atoms with van der Waals surface area (Å²) < 4.78 is 0. The van der Waals surface area contributed by atoms with Gasteiger partial charge in [0.05, 0.1) is 0 Å². The van der Waals surface area contributed by atoms with Crippen LogP contribution >= 0.6 is 0 Å². The molecule has 3 aliphatic rings. The molecule has 1 atom stereocenters. The predicted molar refractivity (Wildman–Crippen MR) is 162 cm³/mol. The van der Waals surface area contributed by atoms with E-state index >= 15 is 0 Å². The van der Waals surface area contributed by atoms with Gasteiger partial charge in [0.15, 0.2) is 0 Å². The number of allylic oxidation sites excluding steroid dienone is 5. The van der Waals surface area contributed by atoms with E-state index in [2.05, 4.69) is 74.8 Å². The van der Waals surface area contributed by atoms with Gasteiger partial charge in [0.25, 0.3) is 0 Å². The maximum atomic E-state index is 4.87. The quantitative estimate of drug-likeness (QED) is 0.179. The van der Waals surface area contributed by atoms with Crippen LogP contribution in [0.15, 0.2) is 70.0 Å².